The topological polar surface area (TPSA) is 104 Å². The molecule has 1 N–H and O–H groups in total. The number of ketones is 1. The van der Waals surface area contributed by atoms with Crippen LogP contribution in [0.4, 0.5) is 5.69 Å². The van der Waals surface area contributed by atoms with E-state index < -0.39 is 21.5 Å². The molecule has 8 nitrogen and oxygen atoms in total. The van der Waals surface area contributed by atoms with Crippen molar-refractivity contribution in [3.05, 3.63) is 29.8 Å². The molecule has 1 heterocycles. The highest BCUT2D eigenvalue weighted by Crippen LogP contribution is 2.32. The van der Waals surface area contributed by atoms with Gasteiger partial charge in [-0.2, -0.15) is 4.31 Å². The maximum Gasteiger partial charge on any atom is 0.247 e. The number of hydrogen-bond donors (Lipinski definition) is 1. The van der Waals surface area contributed by atoms with Gasteiger partial charge in [0, 0.05) is 23.8 Å². The molecule has 1 saturated heterocycles. The minimum Gasteiger partial charge on any atom is -0.351 e. The number of Topliss-reactive ketones (excluding diaryl/α,β-unsaturated/α-hetero) is 1. The van der Waals surface area contributed by atoms with Crippen LogP contribution in [0.15, 0.2) is 24.3 Å². The summed E-state index contributed by atoms with van der Waals surface area (Å²) in [6.07, 6.45) is 8.30. The van der Waals surface area contributed by atoms with Crippen molar-refractivity contribution in [2.45, 2.75) is 70.4 Å². The number of piperazine rings is 1. The average molecular weight is 464 g/mol. The van der Waals surface area contributed by atoms with E-state index in [1.54, 1.807) is 31.2 Å². The van der Waals surface area contributed by atoms with Crippen molar-refractivity contribution in [1.29, 1.82) is 0 Å². The predicted molar refractivity (Wildman–Crippen MR) is 123 cm³/mol. The van der Waals surface area contributed by atoms with Gasteiger partial charge in [-0.1, -0.05) is 44.2 Å². The number of anilines is 1. The van der Waals surface area contributed by atoms with E-state index in [2.05, 4.69) is 5.32 Å². The molecule has 1 saturated carbocycles. The summed E-state index contributed by atoms with van der Waals surface area (Å²) >= 11 is 0. The highest BCUT2D eigenvalue weighted by Gasteiger charge is 2.50. The molecule has 1 aromatic rings. The molecule has 0 aromatic heterocycles. The van der Waals surface area contributed by atoms with Crippen LogP contribution in [0.2, 0.25) is 0 Å². The first-order chi connectivity index (χ1) is 15.0. The molecule has 0 unspecified atom stereocenters. The third kappa shape index (κ3) is 5.38. The average Bonchev–Trinajstić information content (AvgIpc) is 2.68. The summed E-state index contributed by atoms with van der Waals surface area (Å²) in [5, 5.41) is 3.11. The largest absolute Gasteiger partial charge is 0.351 e. The maximum atomic E-state index is 13.6. The Morgan fingerprint density at radius 3 is 2.31 bits per heavy atom. The Balaban J connectivity index is 1.98. The van der Waals surface area contributed by atoms with E-state index in [1.165, 1.54) is 18.2 Å². The van der Waals surface area contributed by atoms with Gasteiger partial charge in [0.1, 0.15) is 5.54 Å². The minimum absolute atomic E-state index is 0.00580. The van der Waals surface area contributed by atoms with Crippen molar-refractivity contribution in [3.63, 3.8) is 0 Å². The molecule has 3 rings (SSSR count). The monoisotopic (exact) mass is 463 g/mol. The van der Waals surface area contributed by atoms with Crippen LogP contribution in [-0.4, -0.2) is 61.2 Å². The number of hydrogen-bond acceptors (Lipinski definition) is 5. The molecule has 0 spiro atoms. The molecule has 176 valence electrons. The molecule has 1 atom stereocenters. The number of rotatable bonds is 5. The van der Waals surface area contributed by atoms with Crippen LogP contribution < -0.4 is 10.2 Å². The maximum absolute atomic E-state index is 13.6. The molecule has 2 amide bonds. The molecule has 0 bridgehead atoms. The first-order valence-electron chi connectivity index (χ1n) is 11.2. The van der Waals surface area contributed by atoms with Crippen LogP contribution in [0.3, 0.4) is 0 Å². The van der Waals surface area contributed by atoms with Crippen LogP contribution in [0.5, 0.6) is 0 Å². The van der Waals surface area contributed by atoms with E-state index >= 15 is 0 Å². The molecule has 9 heteroatoms. The standard InChI is InChI=1S/C23H33N3O5S/c1-17(27)18-10-9-13-20(14-18)26-21(28)15-25(32(3,30)31)16-23(26,2)22(29)24-19-11-7-5-4-6-8-12-19/h9-10,13-14,19H,4-8,11-12,15-16H2,1-3H3,(H,24,29)/t23-/m1/s1. The number of nitrogens with one attached hydrogen (secondary N) is 1. The van der Waals surface area contributed by atoms with E-state index in [-0.39, 0.29) is 30.8 Å². The summed E-state index contributed by atoms with van der Waals surface area (Å²) in [5.74, 6) is -1.04. The second-order valence-electron chi connectivity index (χ2n) is 9.16. The van der Waals surface area contributed by atoms with E-state index in [9.17, 15) is 22.8 Å². The summed E-state index contributed by atoms with van der Waals surface area (Å²) in [5.41, 5.74) is -0.620. The molecule has 1 aliphatic heterocycles. The van der Waals surface area contributed by atoms with Crippen LogP contribution >= 0.6 is 0 Å². The summed E-state index contributed by atoms with van der Waals surface area (Å²) in [6.45, 7) is 2.53. The van der Waals surface area contributed by atoms with Crippen molar-refractivity contribution in [2.24, 2.45) is 0 Å². The molecule has 32 heavy (non-hydrogen) atoms. The van der Waals surface area contributed by atoms with Crippen LogP contribution in [0, 0.1) is 0 Å². The molecule has 0 radical (unpaired) electrons. The summed E-state index contributed by atoms with van der Waals surface area (Å²) in [4.78, 5) is 40.1. The number of nitrogens with zero attached hydrogens (tertiary/aromatic N) is 2. The van der Waals surface area contributed by atoms with Crippen LogP contribution in [-0.2, 0) is 19.6 Å². The first kappa shape index (κ1) is 24.4. The number of carbonyl (C=O) groups is 3. The van der Waals surface area contributed by atoms with Gasteiger partial charge in [-0.3, -0.25) is 19.3 Å². The molecule has 2 fully saturated rings. The third-order valence-corrected chi connectivity index (χ3v) is 7.64. The fourth-order valence-corrected chi connectivity index (χ4v) is 5.44. The van der Waals surface area contributed by atoms with E-state index in [0.717, 1.165) is 49.1 Å². The van der Waals surface area contributed by atoms with Gasteiger partial charge in [-0.25, -0.2) is 8.42 Å². The summed E-state index contributed by atoms with van der Waals surface area (Å²) < 4.78 is 25.6. The Hall–Kier alpha value is -2.26. The zero-order chi connectivity index (χ0) is 23.5. The van der Waals surface area contributed by atoms with Crippen LogP contribution in [0.1, 0.15) is 69.2 Å². The number of sulfonamides is 1. The van der Waals surface area contributed by atoms with Gasteiger partial charge >= 0.3 is 0 Å². The second-order valence-corrected chi connectivity index (χ2v) is 11.1. The smallest absolute Gasteiger partial charge is 0.247 e. The van der Waals surface area contributed by atoms with Crippen molar-refractivity contribution < 1.29 is 22.8 Å². The van der Waals surface area contributed by atoms with Crippen molar-refractivity contribution >= 4 is 33.3 Å². The Bertz CT molecular complexity index is 985. The Labute approximate surface area is 190 Å². The zero-order valence-electron chi connectivity index (χ0n) is 19.1. The Morgan fingerprint density at radius 2 is 1.72 bits per heavy atom. The second kappa shape index (κ2) is 9.70. The Morgan fingerprint density at radius 1 is 1.09 bits per heavy atom. The van der Waals surface area contributed by atoms with E-state index in [4.69, 9.17) is 0 Å². The lowest BCUT2D eigenvalue weighted by Gasteiger charge is -2.47. The lowest BCUT2D eigenvalue weighted by Crippen LogP contribution is -2.70. The van der Waals surface area contributed by atoms with Gasteiger partial charge in [0.2, 0.25) is 21.8 Å². The molecular formula is C23H33N3O5S. The number of amides is 2. The molecule has 1 aromatic carbocycles. The van der Waals surface area contributed by atoms with Gasteiger partial charge in [0.25, 0.3) is 0 Å². The fourth-order valence-electron chi connectivity index (χ4n) is 4.61. The van der Waals surface area contributed by atoms with E-state index in [1.807, 2.05) is 0 Å². The van der Waals surface area contributed by atoms with Crippen LogP contribution in [0.25, 0.3) is 0 Å². The van der Waals surface area contributed by atoms with Crippen molar-refractivity contribution in [3.8, 4) is 0 Å². The van der Waals surface area contributed by atoms with Gasteiger partial charge in [0.15, 0.2) is 5.78 Å². The lowest BCUT2D eigenvalue weighted by atomic mass is 9.91. The highest BCUT2D eigenvalue weighted by molar-refractivity contribution is 7.88. The van der Waals surface area contributed by atoms with Gasteiger partial charge in [-0.15, -0.1) is 0 Å². The zero-order valence-corrected chi connectivity index (χ0v) is 19.9. The molecule has 2 aliphatic rings. The lowest BCUT2D eigenvalue weighted by molar-refractivity contribution is -0.133. The number of benzene rings is 1. The normalized spacial score (nSPS) is 24.0. The fraction of sp³-hybridized carbons (Fsp3) is 0.609. The summed E-state index contributed by atoms with van der Waals surface area (Å²) in [7, 11) is -3.68. The molecular weight excluding hydrogens is 430 g/mol. The highest BCUT2D eigenvalue weighted by atomic mass is 32.2. The van der Waals surface area contributed by atoms with Gasteiger partial charge in [-0.05, 0) is 38.8 Å². The van der Waals surface area contributed by atoms with Crippen molar-refractivity contribution in [1.82, 2.24) is 9.62 Å². The summed E-state index contributed by atoms with van der Waals surface area (Å²) in [6, 6.07) is 6.55. The van der Waals surface area contributed by atoms with Crippen molar-refractivity contribution in [2.75, 3.05) is 24.2 Å². The quantitative estimate of drug-likeness (QED) is 0.676. The Kier molecular flexibility index (Phi) is 7.39. The first-order valence-corrected chi connectivity index (χ1v) is 13.1. The SMILES string of the molecule is CC(=O)c1cccc(N2C(=O)CN(S(C)(=O)=O)C[C@]2(C)C(=O)NC2CCCCCCC2)c1. The van der Waals surface area contributed by atoms with E-state index in [0.29, 0.717) is 11.3 Å². The molecule has 1 aliphatic carbocycles. The predicted octanol–water partition coefficient (Wildman–Crippen LogP) is 2.49. The third-order valence-electron chi connectivity index (χ3n) is 6.45. The van der Waals surface area contributed by atoms with Gasteiger partial charge in [0.05, 0.1) is 12.8 Å². The minimum atomic E-state index is -3.68. The van der Waals surface area contributed by atoms with Gasteiger partial charge < -0.3 is 5.32 Å². The number of carbonyl (C=O) groups excluding carboxylic acids is 3.